The third-order valence-electron chi connectivity index (χ3n) is 10.8. The molecular formula is C52H30N4O2. The highest BCUT2D eigenvalue weighted by molar-refractivity contribution is 6.13. The van der Waals surface area contributed by atoms with Crippen molar-refractivity contribution in [2.75, 3.05) is 0 Å². The number of benzene rings is 8. The molecule has 6 nitrogen and oxygen atoms in total. The summed E-state index contributed by atoms with van der Waals surface area (Å²) < 4.78 is 13.0. The smallest absolute Gasteiger partial charge is 0.167 e. The van der Waals surface area contributed by atoms with Crippen LogP contribution in [0.15, 0.2) is 191 Å². The number of aromatic nitrogens is 3. The zero-order valence-corrected chi connectivity index (χ0v) is 30.9. The van der Waals surface area contributed by atoms with E-state index in [-0.39, 0.29) is 0 Å². The molecule has 0 atom stereocenters. The molecule has 11 aromatic rings. The van der Waals surface area contributed by atoms with Crippen molar-refractivity contribution in [3.8, 4) is 73.6 Å². The summed E-state index contributed by atoms with van der Waals surface area (Å²) in [5, 5.41) is 13.7. The molecule has 0 saturated carbocycles. The van der Waals surface area contributed by atoms with Crippen LogP contribution in [-0.4, -0.2) is 15.0 Å². The van der Waals surface area contributed by atoms with Crippen LogP contribution in [0.1, 0.15) is 5.56 Å². The summed E-state index contributed by atoms with van der Waals surface area (Å²) in [4.78, 5) is 15.3. The molecule has 0 radical (unpaired) electrons. The van der Waals surface area contributed by atoms with Crippen LogP contribution in [0.3, 0.4) is 0 Å². The van der Waals surface area contributed by atoms with E-state index in [4.69, 9.17) is 23.8 Å². The topological polar surface area (TPSA) is 88.7 Å². The number of rotatable bonds is 6. The minimum absolute atomic E-state index is 0.492. The average Bonchev–Trinajstić information content (AvgIpc) is 3.87. The van der Waals surface area contributed by atoms with Gasteiger partial charge in [0.25, 0.3) is 0 Å². The Balaban J connectivity index is 1.08. The first-order valence-electron chi connectivity index (χ1n) is 19.1. The van der Waals surface area contributed by atoms with Gasteiger partial charge in [0.15, 0.2) is 17.5 Å². The number of nitriles is 1. The summed E-state index contributed by atoms with van der Waals surface area (Å²) in [7, 11) is 0. The summed E-state index contributed by atoms with van der Waals surface area (Å²) in [6.45, 7) is 0. The lowest BCUT2D eigenvalue weighted by Crippen LogP contribution is -2.00. The Hall–Kier alpha value is -8.14. The second-order valence-electron chi connectivity index (χ2n) is 14.3. The third kappa shape index (κ3) is 5.69. The Kier molecular flexibility index (Phi) is 7.76. The van der Waals surface area contributed by atoms with Crippen LogP contribution in [0.4, 0.5) is 0 Å². The lowest BCUT2D eigenvalue weighted by molar-refractivity contribution is 0.668. The highest BCUT2D eigenvalue weighted by Crippen LogP contribution is 2.40. The highest BCUT2D eigenvalue weighted by Gasteiger charge is 2.20. The first kappa shape index (κ1) is 33.2. The summed E-state index contributed by atoms with van der Waals surface area (Å²) in [5.74, 6) is 1.51. The lowest BCUT2D eigenvalue weighted by Gasteiger charge is -2.10. The number of fused-ring (bicyclic) bond motifs is 6. The second-order valence-corrected chi connectivity index (χ2v) is 14.3. The quantitative estimate of drug-likeness (QED) is 0.168. The number of hydrogen-bond donors (Lipinski definition) is 0. The normalized spacial score (nSPS) is 11.4. The molecule has 0 aliphatic carbocycles. The zero-order valence-electron chi connectivity index (χ0n) is 30.9. The van der Waals surface area contributed by atoms with Gasteiger partial charge >= 0.3 is 0 Å². The van der Waals surface area contributed by atoms with Crippen LogP contribution in [0.25, 0.3) is 111 Å². The molecule has 0 aliphatic heterocycles. The van der Waals surface area contributed by atoms with E-state index in [1.807, 2.05) is 91.0 Å². The van der Waals surface area contributed by atoms with Gasteiger partial charge in [0, 0.05) is 32.7 Å². The molecule has 0 fully saturated rings. The maximum atomic E-state index is 9.57. The van der Waals surface area contributed by atoms with Gasteiger partial charge in [-0.3, -0.25) is 0 Å². The predicted octanol–water partition coefficient (Wildman–Crippen LogP) is 13.5. The molecule has 6 heteroatoms. The van der Waals surface area contributed by atoms with E-state index >= 15 is 0 Å². The molecule has 0 spiro atoms. The van der Waals surface area contributed by atoms with E-state index < -0.39 is 0 Å². The minimum atomic E-state index is 0.492. The number of para-hydroxylation sites is 2. The molecular weight excluding hydrogens is 713 g/mol. The van der Waals surface area contributed by atoms with Gasteiger partial charge in [-0.05, 0) is 88.0 Å². The van der Waals surface area contributed by atoms with Gasteiger partial charge in [-0.2, -0.15) is 5.26 Å². The molecule has 8 aromatic carbocycles. The van der Waals surface area contributed by atoms with Crippen molar-refractivity contribution in [2.45, 2.75) is 0 Å². The van der Waals surface area contributed by atoms with E-state index in [2.05, 4.69) is 91.0 Å². The molecule has 3 heterocycles. The second kappa shape index (κ2) is 13.6. The third-order valence-corrected chi connectivity index (χ3v) is 10.8. The van der Waals surface area contributed by atoms with Crippen LogP contribution >= 0.6 is 0 Å². The first-order valence-corrected chi connectivity index (χ1v) is 19.1. The Morgan fingerprint density at radius 1 is 0.362 bits per heavy atom. The lowest BCUT2D eigenvalue weighted by atomic mass is 9.96. The minimum Gasteiger partial charge on any atom is -0.456 e. The number of nitrogens with zero attached hydrogens (tertiary/aromatic N) is 4. The molecule has 3 aromatic heterocycles. The van der Waals surface area contributed by atoms with Crippen molar-refractivity contribution < 1.29 is 8.83 Å². The number of furan rings is 2. The van der Waals surface area contributed by atoms with Crippen LogP contribution < -0.4 is 0 Å². The van der Waals surface area contributed by atoms with Gasteiger partial charge in [0.2, 0.25) is 0 Å². The Morgan fingerprint density at radius 2 is 0.948 bits per heavy atom. The molecule has 0 saturated heterocycles. The average molecular weight is 743 g/mol. The molecule has 270 valence electrons. The van der Waals surface area contributed by atoms with E-state index in [9.17, 15) is 5.26 Å². The van der Waals surface area contributed by atoms with Gasteiger partial charge in [-0.15, -0.1) is 0 Å². The fraction of sp³-hybridized carbons (Fsp3) is 0. The van der Waals surface area contributed by atoms with Gasteiger partial charge in [-0.1, -0.05) is 127 Å². The molecule has 58 heavy (non-hydrogen) atoms. The molecule has 0 unspecified atom stereocenters. The van der Waals surface area contributed by atoms with Gasteiger partial charge in [-0.25, -0.2) is 15.0 Å². The van der Waals surface area contributed by atoms with Crippen LogP contribution in [0, 0.1) is 11.3 Å². The Labute approximate surface area is 333 Å². The molecule has 0 aliphatic rings. The SMILES string of the molecule is N#Cc1cccc(-c2cccc(-c3nc(-c4ccc5c(c4)oc4cccc(-c6cccc(-c7ccccc7)c6)c45)nc(-c4cccc5c4oc4ccccc45)n3)c2)c1. The maximum Gasteiger partial charge on any atom is 0.167 e. The molecule has 0 bridgehead atoms. The summed E-state index contributed by atoms with van der Waals surface area (Å²) >= 11 is 0. The van der Waals surface area contributed by atoms with E-state index in [0.29, 0.717) is 28.6 Å². The van der Waals surface area contributed by atoms with E-state index in [0.717, 1.165) is 82.8 Å². The van der Waals surface area contributed by atoms with Crippen molar-refractivity contribution in [3.63, 3.8) is 0 Å². The van der Waals surface area contributed by atoms with Crippen LogP contribution in [-0.2, 0) is 0 Å². The van der Waals surface area contributed by atoms with E-state index in [1.54, 1.807) is 6.07 Å². The van der Waals surface area contributed by atoms with Crippen molar-refractivity contribution in [3.05, 3.63) is 188 Å². The summed E-state index contributed by atoms with van der Waals surface area (Å²) in [5.41, 5.74) is 12.5. The van der Waals surface area contributed by atoms with Crippen molar-refractivity contribution in [2.24, 2.45) is 0 Å². The summed E-state index contributed by atoms with van der Waals surface area (Å²) in [6, 6.07) is 63.5. The fourth-order valence-electron chi connectivity index (χ4n) is 7.99. The highest BCUT2D eigenvalue weighted by atomic mass is 16.3. The van der Waals surface area contributed by atoms with Gasteiger partial charge in [0.05, 0.1) is 17.2 Å². The molecule has 0 amide bonds. The van der Waals surface area contributed by atoms with Gasteiger partial charge < -0.3 is 8.83 Å². The Bertz CT molecular complexity index is 3430. The largest absolute Gasteiger partial charge is 0.456 e. The monoisotopic (exact) mass is 742 g/mol. The van der Waals surface area contributed by atoms with Gasteiger partial charge in [0.1, 0.15) is 22.3 Å². The van der Waals surface area contributed by atoms with Crippen LogP contribution in [0.2, 0.25) is 0 Å². The van der Waals surface area contributed by atoms with Crippen molar-refractivity contribution in [1.29, 1.82) is 5.26 Å². The fourth-order valence-corrected chi connectivity index (χ4v) is 7.99. The standard InChI is InChI=1S/C52H30N4O2/c53-31-32-11-6-14-34(27-32)36-16-8-18-38(29-36)50-54-51(56-52(55-50)44-22-9-21-42-41-19-4-5-23-45(41)58-49(42)44)39-25-26-43-47(30-39)57-46-24-10-20-40(48(43)46)37-17-7-15-35(28-37)33-12-2-1-3-13-33/h1-30H. The predicted molar refractivity (Wildman–Crippen MR) is 232 cm³/mol. The van der Waals surface area contributed by atoms with E-state index in [1.165, 1.54) is 5.56 Å². The van der Waals surface area contributed by atoms with Crippen molar-refractivity contribution in [1.82, 2.24) is 15.0 Å². The first-order chi connectivity index (χ1) is 28.7. The van der Waals surface area contributed by atoms with Crippen molar-refractivity contribution >= 4 is 43.9 Å². The number of hydrogen-bond acceptors (Lipinski definition) is 6. The summed E-state index contributed by atoms with van der Waals surface area (Å²) in [6.07, 6.45) is 0. The Morgan fingerprint density at radius 3 is 1.79 bits per heavy atom. The molecule has 0 N–H and O–H groups in total. The van der Waals surface area contributed by atoms with Crippen LogP contribution in [0.5, 0.6) is 0 Å². The maximum absolute atomic E-state index is 9.57. The molecule has 11 rings (SSSR count). The zero-order chi connectivity index (χ0) is 38.6.